The molecule has 0 unspecified atom stereocenters. The maximum Gasteiger partial charge on any atom is 0.168 e. The number of benzene rings is 1. The molecule has 16 heavy (non-hydrogen) atoms. The number of carbonyl (C=O) groups is 1. The van der Waals surface area contributed by atoms with Crippen molar-refractivity contribution in [1.82, 2.24) is 4.98 Å². The third-order valence-corrected chi connectivity index (χ3v) is 2.38. The molecule has 0 aliphatic carbocycles. The van der Waals surface area contributed by atoms with Crippen LogP contribution < -0.4 is 5.73 Å². The van der Waals surface area contributed by atoms with E-state index in [1.165, 1.54) is 0 Å². The fourth-order valence-corrected chi connectivity index (χ4v) is 1.67. The van der Waals surface area contributed by atoms with E-state index in [-0.39, 0.29) is 0 Å². The van der Waals surface area contributed by atoms with Crippen molar-refractivity contribution < 1.29 is 4.79 Å². The van der Waals surface area contributed by atoms with E-state index in [1.54, 1.807) is 24.4 Å². The molecule has 1 heterocycles. The summed E-state index contributed by atoms with van der Waals surface area (Å²) in [5, 5.41) is 0.578. The van der Waals surface area contributed by atoms with Gasteiger partial charge in [-0.25, -0.2) is 0 Å². The van der Waals surface area contributed by atoms with Crippen molar-refractivity contribution in [1.29, 1.82) is 0 Å². The normalized spacial score (nSPS) is 10.1. The highest BCUT2D eigenvalue weighted by Crippen LogP contribution is 2.25. The number of aldehydes is 1. The van der Waals surface area contributed by atoms with Gasteiger partial charge in [-0.3, -0.25) is 9.78 Å². The van der Waals surface area contributed by atoms with Crippen molar-refractivity contribution in [3.05, 3.63) is 47.2 Å². The Labute approximate surface area is 97.9 Å². The molecule has 0 saturated heterocycles. The van der Waals surface area contributed by atoms with Gasteiger partial charge in [-0.2, -0.15) is 0 Å². The SMILES string of the molecule is Nc1cc(Cl)cc(-c2ccc(C=O)nc2)c1. The van der Waals surface area contributed by atoms with E-state index in [2.05, 4.69) is 4.98 Å². The molecule has 0 radical (unpaired) electrons. The minimum atomic E-state index is 0.402. The first-order valence-electron chi connectivity index (χ1n) is 4.67. The zero-order valence-corrected chi connectivity index (χ0v) is 9.11. The quantitative estimate of drug-likeness (QED) is 0.640. The van der Waals surface area contributed by atoms with Crippen molar-refractivity contribution in [2.75, 3.05) is 5.73 Å². The first kappa shape index (κ1) is 10.6. The lowest BCUT2D eigenvalue weighted by molar-refractivity contribution is 0.111. The van der Waals surface area contributed by atoms with Crippen LogP contribution in [0.25, 0.3) is 11.1 Å². The highest BCUT2D eigenvalue weighted by atomic mass is 35.5. The topological polar surface area (TPSA) is 56.0 Å². The van der Waals surface area contributed by atoms with Gasteiger partial charge in [0.2, 0.25) is 0 Å². The summed E-state index contributed by atoms with van der Waals surface area (Å²) in [4.78, 5) is 14.4. The molecule has 2 rings (SSSR count). The number of aromatic nitrogens is 1. The number of nitrogen functional groups attached to an aromatic ring is 1. The molecule has 0 spiro atoms. The van der Waals surface area contributed by atoms with Gasteiger partial charge in [0.15, 0.2) is 6.29 Å². The molecule has 0 saturated carbocycles. The van der Waals surface area contributed by atoms with Gasteiger partial charge in [0.1, 0.15) is 5.69 Å². The number of hydrogen-bond acceptors (Lipinski definition) is 3. The van der Waals surface area contributed by atoms with Crippen LogP contribution in [0, 0.1) is 0 Å². The van der Waals surface area contributed by atoms with E-state index in [9.17, 15) is 4.79 Å². The zero-order valence-electron chi connectivity index (χ0n) is 8.35. The Morgan fingerprint density at radius 3 is 2.56 bits per heavy atom. The molecule has 3 nitrogen and oxygen atoms in total. The lowest BCUT2D eigenvalue weighted by atomic mass is 10.1. The van der Waals surface area contributed by atoms with Crippen molar-refractivity contribution >= 4 is 23.6 Å². The Hall–Kier alpha value is -1.87. The summed E-state index contributed by atoms with van der Waals surface area (Å²) in [6, 6.07) is 8.75. The van der Waals surface area contributed by atoms with Crippen LogP contribution in [0.3, 0.4) is 0 Å². The fraction of sp³-hybridized carbons (Fsp3) is 0. The predicted octanol–water partition coefficient (Wildman–Crippen LogP) is 2.80. The number of hydrogen-bond donors (Lipinski definition) is 1. The minimum absolute atomic E-state index is 0.402. The van der Waals surface area contributed by atoms with Gasteiger partial charge in [0, 0.05) is 22.5 Å². The Kier molecular flexibility index (Phi) is 2.88. The Morgan fingerprint density at radius 2 is 2.00 bits per heavy atom. The second-order valence-electron chi connectivity index (χ2n) is 3.36. The molecular weight excluding hydrogens is 224 g/mol. The standard InChI is InChI=1S/C12H9ClN2O/c13-10-3-9(4-11(14)5-10)8-1-2-12(7-16)15-6-8/h1-7H,14H2. The monoisotopic (exact) mass is 232 g/mol. The molecule has 1 aromatic heterocycles. The van der Waals surface area contributed by atoms with Gasteiger partial charge >= 0.3 is 0 Å². The second-order valence-corrected chi connectivity index (χ2v) is 3.80. The summed E-state index contributed by atoms with van der Waals surface area (Å²) in [5.74, 6) is 0. The Balaban J connectivity index is 2.45. The van der Waals surface area contributed by atoms with Crippen LogP contribution in [-0.4, -0.2) is 11.3 Å². The molecule has 0 aliphatic heterocycles. The van der Waals surface area contributed by atoms with E-state index in [0.717, 1.165) is 11.1 Å². The van der Waals surface area contributed by atoms with Crippen LogP contribution in [0.4, 0.5) is 5.69 Å². The highest BCUT2D eigenvalue weighted by molar-refractivity contribution is 6.31. The number of carbonyl (C=O) groups excluding carboxylic acids is 1. The van der Waals surface area contributed by atoms with Crippen LogP contribution in [0.1, 0.15) is 10.5 Å². The maximum atomic E-state index is 10.5. The predicted molar refractivity (Wildman–Crippen MR) is 64.5 cm³/mol. The number of nitrogens with zero attached hydrogens (tertiary/aromatic N) is 1. The molecule has 0 aliphatic rings. The summed E-state index contributed by atoms with van der Waals surface area (Å²) in [6.07, 6.45) is 2.32. The van der Waals surface area contributed by atoms with Crippen LogP contribution >= 0.6 is 11.6 Å². The summed E-state index contributed by atoms with van der Waals surface area (Å²) in [7, 11) is 0. The minimum Gasteiger partial charge on any atom is -0.399 e. The summed E-state index contributed by atoms with van der Waals surface area (Å²) in [5.41, 5.74) is 8.45. The Morgan fingerprint density at radius 1 is 1.19 bits per heavy atom. The molecular formula is C12H9ClN2O. The van der Waals surface area contributed by atoms with Crippen LogP contribution in [-0.2, 0) is 0 Å². The van der Waals surface area contributed by atoms with Crippen LogP contribution in [0.5, 0.6) is 0 Å². The van der Waals surface area contributed by atoms with Crippen LogP contribution in [0.15, 0.2) is 36.5 Å². The van der Waals surface area contributed by atoms with Crippen molar-refractivity contribution in [2.24, 2.45) is 0 Å². The average Bonchev–Trinajstić information content (AvgIpc) is 2.28. The molecule has 0 fully saturated rings. The van der Waals surface area contributed by atoms with Gasteiger partial charge in [-0.05, 0) is 29.8 Å². The zero-order chi connectivity index (χ0) is 11.5. The second kappa shape index (κ2) is 4.33. The molecule has 1 aromatic carbocycles. The number of nitrogens with two attached hydrogens (primary N) is 1. The van der Waals surface area contributed by atoms with Crippen molar-refractivity contribution in [3.63, 3.8) is 0 Å². The van der Waals surface area contributed by atoms with E-state index in [4.69, 9.17) is 17.3 Å². The molecule has 4 heteroatoms. The van der Waals surface area contributed by atoms with Crippen molar-refractivity contribution in [2.45, 2.75) is 0 Å². The van der Waals surface area contributed by atoms with Gasteiger partial charge in [-0.15, -0.1) is 0 Å². The molecule has 0 bridgehead atoms. The molecule has 80 valence electrons. The Bertz CT molecular complexity index is 503. The highest BCUT2D eigenvalue weighted by Gasteiger charge is 2.01. The molecule has 2 aromatic rings. The number of anilines is 1. The average molecular weight is 233 g/mol. The smallest absolute Gasteiger partial charge is 0.168 e. The molecule has 0 atom stereocenters. The third kappa shape index (κ3) is 2.20. The largest absolute Gasteiger partial charge is 0.399 e. The number of pyridine rings is 1. The maximum absolute atomic E-state index is 10.5. The van der Waals surface area contributed by atoms with Gasteiger partial charge in [-0.1, -0.05) is 17.7 Å². The lowest BCUT2D eigenvalue weighted by Gasteiger charge is -2.03. The first-order chi connectivity index (χ1) is 7.69. The van der Waals surface area contributed by atoms with Crippen molar-refractivity contribution in [3.8, 4) is 11.1 Å². The lowest BCUT2D eigenvalue weighted by Crippen LogP contribution is -1.89. The van der Waals surface area contributed by atoms with Crippen LogP contribution in [0.2, 0.25) is 5.02 Å². The summed E-state index contributed by atoms with van der Waals surface area (Å²) in [6.45, 7) is 0. The fourth-order valence-electron chi connectivity index (χ4n) is 1.42. The summed E-state index contributed by atoms with van der Waals surface area (Å²) >= 11 is 5.90. The van der Waals surface area contributed by atoms with E-state index < -0.39 is 0 Å². The van der Waals surface area contributed by atoms with E-state index in [1.807, 2.05) is 12.1 Å². The molecule has 0 amide bonds. The third-order valence-electron chi connectivity index (χ3n) is 2.16. The van der Waals surface area contributed by atoms with Gasteiger partial charge in [0.05, 0.1) is 0 Å². The number of rotatable bonds is 2. The number of halogens is 1. The summed E-state index contributed by atoms with van der Waals surface area (Å²) < 4.78 is 0. The van der Waals surface area contributed by atoms with Gasteiger partial charge in [0.25, 0.3) is 0 Å². The van der Waals surface area contributed by atoms with E-state index >= 15 is 0 Å². The van der Waals surface area contributed by atoms with E-state index in [0.29, 0.717) is 22.7 Å². The van der Waals surface area contributed by atoms with Gasteiger partial charge < -0.3 is 5.73 Å². The first-order valence-corrected chi connectivity index (χ1v) is 5.04. The molecule has 2 N–H and O–H groups in total.